The summed E-state index contributed by atoms with van der Waals surface area (Å²) in [4.78, 5) is 30.6. The highest BCUT2D eigenvalue weighted by molar-refractivity contribution is 8.01. The lowest BCUT2D eigenvalue weighted by molar-refractivity contribution is -0.166. The van der Waals surface area contributed by atoms with E-state index in [1.54, 1.807) is 11.8 Å². The fourth-order valence-corrected chi connectivity index (χ4v) is 6.77. The first-order chi connectivity index (χ1) is 17.5. The van der Waals surface area contributed by atoms with E-state index in [4.69, 9.17) is 9.57 Å². The number of nitrogens with one attached hydrogen (secondary N) is 1. The number of esters is 1. The number of amides is 1. The molecule has 184 valence electrons. The first-order valence-electron chi connectivity index (χ1n) is 12.0. The lowest BCUT2D eigenvalue weighted by Crippen LogP contribution is -2.64. The Morgan fingerprint density at radius 3 is 1.86 bits per heavy atom. The molecule has 0 aromatic heterocycles. The van der Waals surface area contributed by atoms with E-state index in [9.17, 15) is 9.59 Å². The molecule has 6 nitrogen and oxygen atoms in total. The zero-order valence-electron chi connectivity index (χ0n) is 20.2. The van der Waals surface area contributed by atoms with Crippen LogP contribution in [-0.2, 0) is 23.9 Å². The Bertz CT molecular complexity index is 1150. The van der Waals surface area contributed by atoms with Crippen molar-refractivity contribution < 1.29 is 19.2 Å². The van der Waals surface area contributed by atoms with E-state index in [0.29, 0.717) is 6.42 Å². The van der Waals surface area contributed by atoms with Crippen LogP contribution in [0, 0.1) is 5.92 Å². The number of β-lactam (4-membered cyclic amide) rings is 1. The number of benzene rings is 3. The van der Waals surface area contributed by atoms with Crippen molar-refractivity contribution in [2.75, 3.05) is 0 Å². The standard InChI is InChI=1S/C29H28N2O4S/c1-19-18-24(35-31-19)26(34-20(2)32)25-27(33)30-28(25)36-29(21-12-6-3-7-13-21,22-14-8-4-9-15-22)23-16-10-5-11-17-23/h3-17,24-26,28H,18H2,1-2H3,(H,30,33)/t24?,25-,26?,28+/m0/s1. The highest BCUT2D eigenvalue weighted by Crippen LogP contribution is 2.53. The van der Waals surface area contributed by atoms with Gasteiger partial charge in [-0.2, -0.15) is 0 Å². The molecule has 7 heteroatoms. The Balaban J connectivity index is 1.59. The second-order valence-corrected chi connectivity index (χ2v) is 10.5. The second kappa shape index (κ2) is 10.2. The number of nitrogens with zero attached hydrogens (tertiary/aromatic N) is 1. The Kier molecular flexibility index (Phi) is 6.83. The fraction of sp³-hybridized carbons (Fsp3) is 0.276. The van der Waals surface area contributed by atoms with E-state index >= 15 is 0 Å². The summed E-state index contributed by atoms with van der Waals surface area (Å²) in [5, 5.41) is 6.80. The summed E-state index contributed by atoms with van der Waals surface area (Å²) in [6, 6.07) is 30.9. The van der Waals surface area contributed by atoms with Crippen LogP contribution in [-0.4, -0.2) is 35.2 Å². The number of oxime groups is 1. The van der Waals surface area contributed by atoms with Gasteiger partial charge in [0, 0.05) is 13.3 Å². The van der Waals surface area contributed by atoms with Crippen LogP contribution in [0.5, 0.6) is 0 Å². The van der Waals surface area contributed by atoms with Gasteiger partial charge < -0.3 is 14.9 Å². The molecule has 1 amide bonds. The van der Waals surface area contributed by atoms with Gasteiger partial charge in [-0.1, -0.05) is 96.2 Å². The summed E-state index contributed by atoms with van der Waals surface area (Å²) in [5.74, 6) is -1.19. The number of hydrogen-bond acceptors (Lipinski definition) is 6. The fourth-order valence-electron chi connectivity index (χ4n) is 4.98. The van der Waals surface area contributed by atoms with Crippen LogP contribution in [0.15, 0.2) is 96.2 Å². The lowest BCUT2D eigenvalue weighted by atomic mass is 9.84. The van der Waals surface area contributed by atoms with E-state index in [1.807, 2.05) is 61.5 Å². The summed E-state index contributed by atoms with van der Waals surface area (Å²) < 4.78 is 5.09. The van der Waals surface area contributed by atoms with E-state index in [-0.39, 0.29) is 11.3 Å². The molecule has 5 rings (SSSR count). The minimum absolute atomic E-state index is 0.157. The molecule has 3 aromatic carbocycles. The van der Waals surface area contributed by atoms with Crippen LogP contribution in [0.1, 0.15) is 37.0 Å². The van der Waals surface area contributed by atoms with Gasteiger partial charge in [-0.3, -0.25) is 9.59 Å². The van der Waals surface area contributed by atoms with Gasteiger partial charge in [0.25, 0.3) is 0 Å². The number of rotatable bonds is 8. The second-order valence-electron chi connectivity index (χ2n) is 9.10. The van der Waals surface area contributed by atoms with Gasteiger partial charge >= 0.3 is 5.97 Å². The molecular formula is C29H28N2O4S. The van der Waals surface area contributed by atoms with Crippen molar-refractivity contribution in [2.45, 2.75) is 42.6 Å². The minimum Gasteiger partial charge on any atom is -0.458 e. The molecule has 0 aliphatic carbocycles. The third-order valence-corrected chi connectivity index (χ3v) is 8.35. The number of carbonyl (C=O) groups excluding carboxylic acids is 2. The molecule has 1 N–H and O–H groups in total. The van der Waals surface area contributed by atoms with Gasteiger partial charge in [0.2, 0.25) is 5.91 Å². The van der Waals surface area contributed by atoms with Crippen molar-refractivity contribution >= 4 is 29.4 Å². The summed E-state index contributed by atoms with van der Waals surface area (Å²) in [7, 11) is 0. The van der Waals surface area contributed by atoms with Crippen LogP contribution in [0.2, 0.25) is 0 Å². The third-order valence-electron chi connectivity index (χ3n) is 6.62. The predicted molar refractivity (Wildman–Crippen MR) is 140 cm³/mol. The van der Waals surface area contributed by atoms with E-state index in [0.717, 1.165) is 22.4 Å². The Morgan fingerprint density at radius 2 is 1.47 bits per heavy atom. The average Bonchev–Trinajstić information content (AvgIpc) is 3.33. The molecule has 0 saturated carbocycles. The maximum absolute atomic E-state index is 13.0. The van der Waals surface area contributed by atoms with Gasteiger partial charge in [-0.15, -0.1) is 11.8 Å². The number of ether oxygens (including phenoxy) is 1. The summed E-state index contributed by atoms with van der Waals surface area (Å²) >= 11 is 1.65. The zero-order chi connectivity index (χ0) is 25.1. The van der Waals surface area contributed by atoms with Gasteiger partial charge in [0.1, 0.15) is 5.92 Å². The highest BCUT2D eigenvalue weighted by atomic mass is 32.2. The first kappa shape index (κ1) is 24.1. The molecule has 36 heavy (non-hydrogen) atoms. The quantitative estimate of drug-likeness (QED) is 0.271. The van der Waals surface area contributed by atoms with Crippen molar-refractivity contribution in [2.24, 2.45) is 11.1 Å². The normalized spacial score (nSPS) is 22.0. The predicted octanol–water partition coefficient (Wildman–Crippen LogP) is 4.88. The Labute approximate surface area is 215 Å². The van der Waals surface area contributed by atoms with Crippen molar-refractivity contribution in [3.8, 4) is 0 Å². The Morgan fingerprint density at radius 1 is 0.972 bits per heavy atom. The summed E-state index contributed by atoms with van der Waals surface area (Å²) in [5.41, 5.74) is 4.08. The molecule has 2 aliphatic heterocycles. The van der Waals surface area contributed by atoms with Gasteiger partial charge in [0.05, 0.1) is 15.8 Å². The average molecular weight is 501 g/mol. The van der Waals surface area contributed by atoms with E-state index in [2.05, 4.69) is 46.9 Å². The Hall–Kier alpha value is -3.58. The molecular weight excluding hydrogens is 472 g/mol. The third kappa shape index (κ3) is 4.51. The van der Waals surface area contributed by atoms with Crippen molar-refractivity contribution in [3.05, 3.63) is 108 Å². The van der Waals surface area contributed by atoms with E-state index in [1.165, 1.54) is 6.92 Å². The number of thioether (sulfide) groups is 1. The summed E-state index contributed by atoms with van der Waals surface area (Å²) in [6.45, 7) is 3.22. The monoisotopic (exact) mass is 500 g/mol. The van der Waals surface area contributed by atoms with Gasteiger partial charge in [-0.25, -0.2) is 0 Å². The highest BCUT2D eigenvalue weighted by Gasteiger charge is 2.54. The van der Waals surface area contributed by atoms with Gasteiger partial charge in [-0.05, 0) is 23.6 Å². The van der Waals surface area contributed by atoms with Crippen molar-refractivity contribution in [3.63, 3.8) is 0 Å². The van der Waals surface area contributed by atoms with Crippen LogP contribution in [0.3, 0.4) is 0 Å². The van der Waals surface area contributed by atoms with E-state index < -0.39 is 28.8 Å². The molecule has 0 bridgehead atoms. The molecule has 4 atom stereocenters. The van der Waals surface area contributed by atoms with Crippen molar-refractivity contribution in [1.29, 1.82) is 0 Å². The van der Waals surface area contributed by atoms with Crippen LogP contribution in [0.25, 0.3) is 0 Å². The molecule has 1 fully saturated rings. The lowest BCUT2D eigenvalue weighted by Gasteiger charge is -2.46. The molecule has 2 heterocycles. The van der Waals surface area contributed by atoms with Crippen LogP contribution in [0.4, 0.5) is 0 Å². The van der Waals surface area contributed by atoms with Crippen molar-refractivity contribution in [1.82, 2.24) is 5.32 Å². The maximum Gasteiger partial charge on any atom is 0.303 e. The van der Waals surface area contributed by atoms with Gasteiger partial charge in [0.15, 0.2) is 12.2 Å². The first-order valence-corrected chi connectivity index (χ1v) is 12.9. The number of hydrogen-bond donors (Lipinski definition) is 1. The molecule has 2 aliphatic rings. The maximum atomic E-state index is 13.0. The molecule has 2 unspecified atom stereocenters. The molecule has 1 saturated heterocycles. The largest absolute Gasteiger partial charge is 0.458 e. The molecule has 0 spiro atoms. The molecule has 0 radical (unpaired) electrons. The zero-order valence-corrected chi connectivity index (χ0v) is 21.0. The van der Waals surface area contributed by atoms with Crippen LogP contribution < -0.4 is 5.32 Å². The summed E-state index contributed by atoms with van der Waals surface area (Å²) in [6.07, 6.45) is -0.720. The molecule has 3 aromatic rings. The number of carbonyl (C=O) groups is 2. The smallest absolute Gasteiger partial charge is 0.303 e. The minimum atomic E-state index is -0.741. The SMILES string of the molecule is CC(=O)OC(C1CC(C)=NO1)[C@H]1C(=O)N[C@@H]1SC(c1ccccc1)(c1ccccc1)c1ccccc1. The van der Waals surface area contributed by atoms with Crippen LogP contribution >= 0.6 is 11.8 Å². The topological polar surface area (TPSA) is 77.0 Å².